The Bertz CT molecular complexity index is 414. The second-order valence-corrected chi connectivity index (χ2v) is 4.02. The molecule has 0 aliphatic rings. The second-order valence-electron chi connectivity index (χ2n) is 4.02. The molecule has 0 saturated heterocycles. The van der Waals surface area contributed by atoms with Gasteiger partial charge in [-0.3, -0.25) is 0 Å². The van der Waals surface area contributed by atoms with Gasteiger partial charge in [-0.25, -0.2) is 4.39 Å². The zero-order valence-electron chi connectivity index (χ0n) is 10.3. The Morgan fingerprint density at radius 2 is 2.18 bits per heavy atom. The van der Waals surface area contributed by atoms with Gasteiger partial charge in [0, 0.05) is 18.2 Å². The normalized spacial score (nSPS) is 13.8. The van der Waals surface area contributed by atoms with Crippen molar-refractivity contribution in [2.75, 3.05) is 13.7 Å². The fourth-order valence-electron chi connectivity index (χ4n) is 1.62. The van der Waals surface area contributed by atoms with Crippen LogP contribution in [0.5, 0.6) is 5.75 Å². The standard InChI is InChI=1S/C13H17FN2O/c1-9(7-15)8-16-10(2)13-11(14)5-4-6-12(13)17-3/h4-6,9-10,16H,8H2,1-3H3. The van der Waals surface area contributed by atoms with Crippen LogP contribution in [0.1, 0.15) is 25.5 Å². The molecule has 0 heterocycles. The average molecular weight is 236 g/mol. The lowest BCUT2D eigenvalue weighted by atomic mass is 10.1. The van der Waals surface area contributed by atoms with Crippen LogP contribution in [0.25, 0.3) is 0 Å². The molecule has 0 fully saturated rings. The van der Waals surface area contributed by atoms with Gasteiger partial charge in [0.1, 0.15) is 11.6 Å². The summed E-state index contributed by atoms with van der Waals surface area (Å²) < 4.78 is 18.8. The first-order valence-corrected chi connectivity index (χ1v) is 5.55. The van der Waals surface area contributed by atoms with Gasteiger partial charge in [0.2, 0.25) is 0 Å². The first kappa shape index (κ1) is 13.5. The van der Waals surface area contributed by atoms with Crippen molar-refractivity contribution in [2.24, 2.45) is 5.92 Å². The highest BCUT2D eigenvalue weighted by Gasteiger charge is 2.16. The molecule has 0 saturated carbocycles. The van der Waals surface area contributed by atoms with Crippen molar-refractivity contribution in [3.63, 3.8) is 0 Å². The third-order valence-corrected chi connectivity index (χ3v) is 2.62. The van der Waals surface area contributed by atoms with Crippen LogP contribution in [0.4, 0.5) is 4.39 Å². The van der Waals surface area contributed by atoms with E-state index in [0.717, 1.165) is 0 Å². The highest BCUT2D eigenvalue weighted by molar-refractivity contribution is 5.36. The van der Waals surface area contributed by atoms with Crippen LogP contribution < -0.4 is 10.1 Å². The van der Waals surface area contributed by atoms with Gasteiger partial charge in [0.15, 0.2) is 0 Å². The predicted octanol–water partition coefficient (Wildman–Crippen LogP) is 2.64. The quantitative estimate of drug-likeness (QED) is 0.854. The lowest BCUT2D eigenvalue weighted by Crippen LogP contribution is -2.25. The molecule has 0 radical (unpaired) electrons. The van der Waals surface area contributed by atoms with Crippen LogP contribution in [-0.4, -0.2) is 13.7 Å². The Labute approximate surface area is 101 Å². The third kappa shape index (κ3) is 3.43. The summed E-state index contributed by atoms with van der Waals surface area (Å²) in [5, 5.41) is 11.8. The van der Waals surface area contributed by atoms with Gasteiger partial charge in [-0.15, -0.1) is 0 Å². The molecule has 0 bridgehead atoms. The summed E-state index contributed by atoms with van der Waals surface area (Å²) in [7, 11) is 1.52. The van der Waals surface area contributed by atoms with Gasteiger partial charge in [-0.2, -0.15) is 5.26 Å². The Morgan fingerprint density at radius 1 is 1.47 bits per heavy atom. The van der Waals surface area contributed by atoms with Crippen molar-refractivity contribution in [3.8, 4) is 11.8 Å². The second kappa shape index (κ2) is 6.21. The van der Waals surface area contributed by atoms with Gasteiger partial charge in [0.05, 0.1) is 19.1 Å². The number of hydrogen-bond donors (Lipinski definition) is 1. The molecule has 2 atom stereocenters. The monoisotopic (exact) mass is 236 g/mol. The van der Waals surface area contributed by atoms with Crippen molar-refractivity contribution in [1.29, 1.82) is 5.26 Å². The van der Waals surface area contributed by atoms with Crippen LogP contribution in [0, 0.1) is 23.1 Å². The van der Waals surface area contributed by atoms with Crippen LogP contribution in [-0.2, 0) is 0 Å². The maximum Gasteiger partial charge on any atom is 0.131 e. The van der Waals surface area contributed by atoms with Crippen molar-refractivity contribution in [1.82, 2.24) is 5.32 Å². The maximum absolute atomic E-state index is 13.7. The number of methoxy groups -OCH3 is 1. The number of ether oxygens (including phenoxy) is 1. The lowest BCUT2D eigenvalue weighted by molar-refractivity contribution is 0.392. The first-order valence-electron chi connectivity index (χ1n) is 5.55. The summed E-state index contributed by atoms with van der Waals surface area (Å²) >= 11 is 0. The molecule has 0 aliphatic heterocycles. The number of halogens is 1. The summed E-state index contributed by atoms with van der Waals surface area (Å²) in [5.74, 6) is 0.124. The number of nitriles is 1. The molecule has 2 unspecified atom stereocenters. The van der Waals surface area contributed by atoms with Gasteiger partial charge >= 0.3 is 0 Å². The molecular weight excluding hydrogens is 219 g/mol. The Morgan fingerprint density at radius 3 is 2.76 bits per heavy atom. The average Bonchev–Trinajstić information content (AvgIpc) is 2.34. The van der Waals surface area contributed by atoms with E-state index in [0.29, 0.717) is 17.9 Å². The highest BCUT2D eigenvalue weighted by atomic mass is 19.1. The van der Waals surface area contributed by atoms with Crippen LogP contribution in [0.2, 0.25) is 0 Å². The highest BCUT2D eigenvalue weighted by Crippen LogP contribution is 2.27. The third-order valence-electron chi connectivity index (χ3n) is 2.62. The number of nitrogens with zero attached hydrogens (tertiary/aromatic N) is 1. The Hall–Kier alpha value is -1.60. The summed E-state index contributed by atoms with van der Waals surface area (Å²) in [6.07, 6.45) is 0. The summed E-state index contributed by atoms with van der Waals surface area (Å²) in [5.41, 5.74) is 0.500. The fourth-order valence-corrected chi connectivity index (χ4v) is 1.62. The fraction of sp³-hybridized carbons (Fsp3) is 0.462. The van der Waals surface area contributed by atoms with Crippen LogP contribution in [0.3, 0.4) is 0 Å². The molecule has 92 valence electrons. The molecule has 4 heteroatoms. The minimum Gasteiger partial charge on any atom is -0.496 e. The van der Waals surface area contributed by atoms with Gasteiger partial charge < -0.3 is 10.1 Å². The molecule has 0 amide bonds. The van der Waals surface area contributed by atoms with E-state index in [1.54, 1.807) is 12.1 Å². The van der Waals surface area contributed by atoms with Crippen LogP contribution >= 0.6 is 0 Å². The lowest BCUT2D eigenvalue weighted by Gasteiger charge is -2.18. The van der Waals surface area contributed by atoms with E-state index in [1.165, 1.54) is 13.2 Å². The number of hydrogen-bond acceptors (Lipinski definition) is 3. The van der Waals surface area contributed by atoms with Gasteiger partial charge in [0.25, 0.3) is 0 Å². The molecule has 17 heavy (non-hydrogen) atoms. The minimum atomic E-state index is -0.297. The maximum atomic E-state index is 13.7. The van der Waals surface area contributed by atoms with Gasteiger partial charge in [-0.1, -0.05) is 6.07 Å². The minimum absolute atomic E-state index is 0.102. The van der Waals surface area contributed by atoms with Crippen molar-refractivity contribution < 1.29 is 9.13 Å². The van der Waals surface area contributed by atoms with Crippen LogP contribution in [0.15, 0.2) is 18.2 Å². The Kier molecular flexibility index (Phi) is 4.92. The number of nitrogens with one attached hydrogen (secondary N) is 1. The molecule has 0 spiro atoms. The zero-order chi connectivity index (χ0) is 12.8. The largest absolute Gasteiger partial charge is 0.496 e. The Balaban J connectivity index is 2.81. The summed E-state index contributed by atoms with van der Waals surface area (Å²) in [4.78, 5) is 0. The van der Waals surface area contributed by atoms with Crippen molar-refractivity contribution >= 4 is 0 Å². The summed E-state index contributed by atoms with van der Waals surface area (Å²) in [6.45, 7) is 4.19. The smallest absolute Gasteiger partial charge is 0.131 e. The van der Waals surface area contributed by atoms with E-state index >= 15 is 0 Å². The van der Waals surface area contributed by atoms with Crippen molar-refractivity contribution in [2.45, 2.75) is 19.9 Å². The van der Waals surface area contributed by atoms with E-state index in [9.17, 15) is 4.39 Å². The SMILES string of the molecule is COc1cccc(F)c1C(C)NCC(C)C#N. The molecule has 0 aromatic heterocycles. The number of rotatable bonds is 5. The molecular formula is C13H17FN2O. The molecule has 1 rings (SSSR count). The van der Waals surface area contributed by atoms with Gasteiger partial charge in [-0.05, 0) is 26.0 Å². The molecule has 1 aromatic rings. The molecule has 3 nitrogen and oxygen atoms in total. The zero-order valence-corrected chi connectivity index (χ0v) is 10.3. The molecule has 1 N–H and O–H groups in total. The van der Waals surface area contributed by atoms with E-state index in [-0.39, 0.29) is 17.8 Å². The topological polar surface area (TPSA) is 45.0 Å². The van der Waals surface area contributed by atoms with E-state index in [1.807, 2.05) is 13.8 Å². The first-order chi connectivity index (χ1) is 8.10. The van der Waals surface area contributed by atoms with E-state index < -0.39 is 0 Å². The molecule has 0 aliphatic carbocycles. The van der Waals surface area contributed by atoms with E-state index in [4.69, 9.17) is 10.00 Å². The van der Waals surface area contributed by atoms with E-state index in [2.05, 4.69) is 11.4 Å². The predicted molar refractivity (Wildman–Crippen MR) is 64.1 cm³/mol. The molecule has 1 aromatic carbocycles. The number of benzene rings is 1. The summed E-state index contributed by atoms with van der Waals surface area (Å²) in [6, 6.07) is 6.68. The van der Waals surface area contributed by atoms with Crippen molar-refractivity contribution in [3.05, 3.63) is 29.6 Å².